The van der Waals surface area contributed by atoms with Crippen LogP contribution < -0.4 is 0 Å². The van der Waals surface area contributed by atoms with E-state index in [1.165, 1.54) is 109 Å². The minimum Gasteiger partial charge on any atom is -0.358 e. The van der Waals surface area contributed by atoms with Crippen LogP contribution in [-0.2, 0) is 4.52 Å². The summed E-state index contributed by atoms with van der Waals surface area (Å²) in [6.07, 6.45) is 25.3. The molecule has 202 valence electrons. The lowest BCUT2D eigenvalue weighted by Gasteiger charge is -2.54. The Morgan fingerprint density at radius 1 is 0.943 bits per heavy atom. The van der Waals surface area contributed by atoms with E-state index in [9.17, 15) is 0 Å². The van der Waals surface area contributed by atoms with Crippen LogP contribution in [0.5, 0.6) is 0 Å². The van der Waals surface area contributed by atoms with Gasteiger partial charge in [0.2, 0.25) is 0 Å². The zero-order chi connectivity index (χ0) is 25.0. The molecule has 0 aromatic carbocycles. The second kappa shape index (κ2) is 12.8. The zero-order valence-corrected chi connectivity index (χ0v) is 25.3. The van der Waals surface area contributed by atoms with Crippen molar-refractivity contribution in [3.05, 3.63) is 11.1 Å². The third kappa shape index (κ3) is 6.08. The molecule has 0 aromatic rings. The van der Waals surface area contributed by atoms with Gasteiger partial charge in [0.1, 0.15) is 0 Å². The molecule has 2 heteroatoms. The van der Waals surface area contributed by atoms with Crippen molar-refractivity contribution in [2.75, 3.05) is 0 Å². The van der Waals surface area contributed by atoms with Crippen molar-refractivity contribution in [3.63, 3.8) is 0 Å². The fraction of sp³-hybridized carbons (Fsp3) is 0.939. The first-order chi connectivity index (χ1) is 17.0. The molecule has 0 aromatic heterocycles. The maximum Gasteiger partial charge on any atom is 0.0826 e. The number of allylic oxidation sites excluding steroid dienone is 1. The van der Waals surface area contributed by atoms with Crippen LogP contribution in [-0.4, -0.2) is 6.10 Å². The summed E-state index contributed by atoms with van der Waals surface area (Å²) >= 11 is 0. The van der Waals surface area contributed by atoms with E-state index in [0.717, 1.165) is 41.4 Å². The van der Waals surface area contributed by atoms with Crippen LogP contribution in [0, 0.1) is 46.8 Å². The monoisotopic (exact) mass is 502 g/mol. The van der Waals surface area contributed by atoms with Gasteiger partial charge < -0.3 is 4.52 Å². The summed E-state index contributed by atoms with van der Waals surface area (Å²) in [5, 5.41) is 0. The lowest BCUT2D eigenvalue weighted by atomic mass is 9.52. The molecule has 0 bridgehead atoms. The summed E-state index contributed by atoms with van der Waals surface area (Å²) in [6.45, 7) is 11.5. The third-order valence-electron chi connectivity index (χ3n) is 11.6. The van der Waals surface area contributed by atoms with Gasteiger partial charge in [-0.15, -0.1) is 0 Å². The molecule has 5 aliphatic carbocycles. The number of fused-ring (bicyclic) bond motifs is 4. The topological polar surface area (TPSA) is 9.23 Å². The first-order valence-electron chi connectivity index (χ1n) is 16.1. The Hall–Kier alpha value is 0.130. The van der Waals surface area contributed by atoms with Crippen molar-refractivity contribution >= 4 is 9.47 Å². The molecule has 0 heterocycles. The zero-order valence-electron chi connectivity index (χ0n) is 24.1. The van der Waals surface area contributed by atoms with E-state index in [0.29, 0.717) is 11.5 Å². The second-order valence-corrected chi connectivity index (χ2v) is 14.1. The molecule has 1 nitrogen and oxygen atoms in total. The van der Waals surface area contributed by atoms with E-state index in [1.54, 1.807) is 5.57 Å². The summed E-state index contributed by atoms with van der Waals surface area (Å²) in [5.41, 5.74) is 4.30. The largest absolute Gasteiger partial charge is 0.358 e. The van der Waals surface area contributed by atoms with Crippen molar-refractivity contribution in [1.82, 2.24) is 0 Å². The molecule has 0 spiro atoms. The number of hydrogen-bond acceptors (Lipinski definition) is 1. The molecule has 0 saturated heterocycles. The average molecular weight is 503 g/mol. The van der Waals surface area contributed by atoms with Crippen molar-refractivity contribution in [2.24, 2.45) is 46.8 Å². The summed E-state index contributed by atoms with van der Waals surface area (Å²) < 4.78 is 6.20. The van der Waals surface area contributed by atoms with Crippen molar-refractivity contribution in [2.45, 2.75) is 150 Å². The van der Waals surface area contributed by atoms with Gasteiger partial charge in [-0.1, -0.05) is 85.1 Å². The van der Waals surface area contributed by atoms with E-state index in [2.05, 4.69) is 30.2 Å². The maximum atomic E-state index is 6.20. The van der Waals surface area contributed by atoms with E-state index in [1.807, 2.05) is 19.4 Å². The lowest BCUT2D eigenvalue weighted by Crippen LogP contribution is -2.46. The molecule has 0 radical (unpaired) electrons. The fourth-order valence-corrected chi connectivity index (χ4v) is 10.1. The van der Waals surface area contributed by atoms with Crippen LogP contribution in [0.3, 0.4) is 0 Å². The quantitative estimate of drug-likeness (QED) is 0.182. The molecular formula is C33H59OP. The highest BCUT2D eigenvalue weighted by Crippen LogP contribution is 2.64. The predicted molar refractivity (Wildman–Crippen MR) is 155 cm³/mol. The van der Waals surface area contributed by atoms with Gasteiger partial charge in [-0.2, -0.15) is 0 Å². The van der Waals surface area contributed by atoms with Crippen molar-refractivity contribution in [1.29, 1.82) is 0 Å². The van der Waals surface area contributed by atoms with Crippen LogP contribution in [0.4, 0.5) is 0 Å². The van der Waals surface area contributed by atoms with Gasteiger partial charge in [0.25, 0.3) is 0 Å². The molecule has 0 aliphatic heterocycles. The van der Waals surface area contributed by atoms with E-state index in [-0.39, 0.29) is 0 Å². The van der Waals surface area contributed by atoms with Gasteiger partial charge in [-0.05, 0) is 117 Å². The highest BCUT2D eigenvalue weighted by molar-refractivity contribution is 7.09. The average Bonchev–Trinajstić information content (AvgIpc) is 3.49. The van der Waals surface area contributed by atoms with Crippen LogP contribution >= 0.6 is 9.47 Å². The highest BCUT2D eigenvalue weighted by Gasteiger charge is 2.56. The Morgan fingerprint density at radius 2 is 1.71 bits per heavy atom. The van der Waals surface area contributed by atoms with Gasteiger partial charge in [0, 0.05) is 9.47 Å². The Bertz CT molecular complexity index is 691. The van der Waals surface area contributed by atoms with Gasteiger partial charge in [-0.25, -0.2) is 0 Å². The Labute approximate surface area is 221 Å². The van der Waals surface area contributed by atoms with Gasteiger partial charge in [0.05, 0.1) is 6.10 Å². The summed E-state index contributed by atoms with van der Waals surface area (Å²) in [6, 6.07) is 0. The minimum absolute atomic E-state index is 0.407. The summed E-state index contributed by atoms with van der Waals surface area (Å²) in [7, 11) is 2.68. The van der Waals surface area contributed by atoms with Crippen LogP contribution in [0.15, 0.2) is 11.1 Å². The molecule has 5 aliphatic rings. The highest BCUT2D eigenvalue weighted by atomic mass is 31.0. The van der Waals surface area contributed by atoms with Crippen molar-refractivity contribution < 1.29 is 4.52 Å². The third-order valence-corrected chi connectivity index (χ3v) is 11.9. The van der Waals surface area contributed by atoms with Gasteiger partial charge in [-0.3, -0.25) is 0 Å². The maximum absolute atomic E-state index is 6.20. The molecule has 5 rings (SSSR count). The Morgan fingerprint density at radius 3 is 2.43 bits per heavy atom. The summed E-state index contributed by atoms with van der Waals surface area (Å²) in [5.74, 6) is 6.61. The second-order valence-electron chi connectivity index (χ2n) is 13.8. The van der Waals surface area contributed by atoms with Crippen LogP contribution in [0.25, 0.3) is 0 Å². The van der Waals surface area contributed by atoms with Gasteiger partial charge in [0.15, 0.2) is 0 Å². The van der Waals surface area contributed by atoms with Gasteiger partial charge >= 0.3 is 0 Å². The van der Waals surface area contributed by atoms with Crippen molar-refractivity contribution in [3.8, 4) is 0 Å². The SMILES string of the molecule is CC.CC(C)CCCCC1CCC2C3CC(OP)C4=C(CCC(CC5CCCC5)C4)C3CCC12C. The standard InChI is InChI=1S/C31H53OP.C2H6/c1-21(2)8-4-7-11-24-13-15-29-27-20-30(32-33)28-19-23(18-22-9-5-6-10-22)12-14-25(28)26(27)16-17-31(24,29)3;1-2/h21-24,26-27,29-30H,4-20,33H2,1-3H3;1-2H3. The molecule has 0 amide bonds. The lowest BCUT2D eigenvalue weighted by molar-refractivity contribution is -0.00691. The first kappa shape index (κ1) is 28.1. The fourth-order valence-electron chi connectivity index (χ4n) is 9.85. The molecule has 35 heavy (non-hydrogen) atoms. The molecule has 8 atom stereocenters. The normalized spacial score (nSPS) is 39.2. The molecule has 0 N–H and O–H groups in total. The van der Waals surface area contributed by atoms with Crippen LogP contribution in [0.2, 0.25) is 0 Å². The molecule has 3 saturated carbocycles. The minimum atomic E-state index is 0.407. The predicted octanol–water partition coefficient (Wildman–Crippen LogP) is 10.5. The van der Waals surface area contributed by atoms with E-state index >= 15 is 0 Å². The number of hydrogen-bond donors (Lipinski definition) is 0. The van der Waals surface area contributed by atoms with Crippen LogP contribution in [0.1, 0.15) is 144 Å². The smallest absolute Gasteiger partial charge is 0.0826 e. The Balaban J connectivity index is 0.00000141. The molecular weight excluding hydrogens is 443 g/mol. The Kier molecular flexibility index (Phi) is 10.3. The van der Waals surface area contributed by atoms with E-state index < -0.39 is 0 Å². The van der Waals surface area contributed by atoms with E-state index in [4.69, 9.17) is 4.52 Å². The molecule has 8 unspecified atom stereocenters. The number of unbranched alkanes of at least 4 members (excludes halogenated alkanes) is 1. The molecule has 3 fully saturated rings. The summed E-state index contributed by atoms with van der Waals surface area (Å²) in [4.78, 5) is 0. The number of rotatable bonds is 8. The first-order valence-corrected chi connectivity index (χ1v) is 16.5.